The molecular formula is C48H85NO7P+. The van der Waals surface area contributed by atoms with Crippen molar-refractivity contribution in [2.24, 2.45) is 0 Å². The fourth-order valence-corrected chi connectivity index (χ4v) is 6.30. The molecule has 57 heavy (non-hydrogen) atoms. The van der Waals surface area contributed by atoms with Crippen LogP contribution < -0.4 is 0 Å². The molecule has 0 radical (unpaired) electrons. The van der Waals surface area contributed by atoms with E-state index in [9.17, 15) is 14.3 Å². The molecule has 2 unspecified atom stereocenters. The summed E-state index contributed by atoms with van der Waals surface area (Å²) in [5.74, 6) is -0.343. The van der Waals surface area contributed by atoms with Gasteiger partial charge in [0.2, 0.25) is 0 Å². The minimum Gasteiger partial charge on any atom is -0.457 e. The summed E-state index contributed by atoms with van der Waals surface area (Å²) < 4.78 is 35.0. The molecule has 0 rings (SSSR count). The number of quaternary nitrogens is 1. The van der Waals surface area contributed by atoms with E-state index in [4.69, 9.17) is 18.5 Å². The van der Waals surface area contributed by atoms with E-state index in [1.165, 1.54) is 38.5 Å². The van der Waals surface area contributed by atoms with Gasteiger partial charge < -0.3 is 18.9 Å². The molecule has 0 heterocycles. The van der Waals surface area contributed by atoms with E-state index >= 15 is 0 Å². The summed E-state index contributed by atoms with van der Waals surface area (Å²) in [5.41, 5.74) is 0. The summed E-state index contributed by atoms with van der Waals surface area (Å²) in [6.45, 7) is 5.32. The van der Waals surface area contributed by atoms with Gasteiger partial charge in [0.05, 0.1) is 34.4 Å². The summed E-state index contributed by atoms with van der Waals surface area (Å²) in [5, 5.41) is 0. The number of carbonyl (C=O) groups excluding carboxylic acids is 1. The molecule has 328 valence electrons. The van der Waals surface area contributed by atoms with Gasteiger partial charge in [-0.05, 0) is 83.5 Å². The number of allylic oxidation sites excluding steroid dienone is 14. The highest BCUT2D eigenvalue weighted by Crippen LogP contribution is 2.43. The van der Waals surface area contributed by atoms with Gasteiger partial charge in [-0.1, -0.05) is 150 Å². The largest absolute Gasteiger partial charge is 0.472 e. The lowest BCUT2D eigenvalue weighted by molar-refractivity contribution is -0.870. The average molecular weight is 819 g/mol. The monoisotopic (exact) mass is 819 g/mol. The first-order valence-corrected chi connectivity index (χ1v) is 23.8. The zero-order valence-corrected chi connectivity index (χ0v) is 37.9. The molecule has 0 saturated carbocycles. The third kappa shape index (κ3) is 44.6. The molecule has 0 aromatic heterocycles. The van der Waals surface area contributed by atoms with Crippen molar-refractivity contribution in [2.45, 2.75) is 161 Å². The Morgan fingerprint density at radius 1 is 0.544 bits per heavy atom. The molecule has 0 aromatic carbocycles. The average Bonchev–Trinajstić information content (AvgIpc) is 3.16. The van der Waals surface area contributed by atoms with Gasteiger partial charge in [-0.25, -0.2) is 4.57 Å². The van der Waals surface area contributed by atoms with E-state index in [1.54, 1.807) is 0 Å². The number of phosphoric ester groups is 1. The maximum Gasteiger partial charge on any atom is 0.472 e. The van der Waals surface area contributed by atoms with E-state index in [1.807, 2.05) is 21.1 Å². The number of rotatable bonds is 40. The van der Waals surface area contributed by atoms with Crippen LogP contribution in [0.4, 0.5) is 0 Å². The number of esters is 1. The summed E-state index contributed by atoms with van der Waals surface area (Å²) in [7, 11) is 1.63. The number of ether oxygens (including phenoxy) is 2. The second-order valence-electron chi connectivity index (χ2n) is 15.7. The highest BCUT2D eigenvalue weighted by atomic mass is 31.2. The third-order valence-electron chi connectivity index (χ3n) is 8.95. The molecule has 0 aliphatic carbocycles. The highest BCUT2D eigenvalue weighted by Gasteiger charge is 2.26. The van der Waals surface area contributed by atoms with Crippen LogP contribution in [0.1, 0.15) is 155 Å². The zero-order chi connectivity index (χ0) is 42.0. The quantitative estimate of drug-likeness (QED) is 0.0216. The Morgan fingerprint density at radius 3 is 1.44 bits per heavy atom. The first-order valence-electron chi connectivity index (χ1n) is 22.3. The summed E-state index contributed by atoms with van der Waals surface area (Å²) >= 11 is 0. The number of hydrogen-bond donors (Lipinski definition) is 1. The molecule has 9 heteroatoms. The van der Waals surface area contributed by atoms with E-state index in [0.29, 0.717) is 24.1 Å². The van der Waals surface area contributed by atoms with Crippen LogP contribution >= 0.6 is 7.82 Å². The van der Waals surface area contributed by atoms with Crippen molar-refractivity contribution in [3.05, 3.63) is 85.1 Å². The van der Waals surface area contributed by atoms with Crippen LogP contribution in [0, 0.1) is 0 Å². The van der Waals surface area contributed by atoms with Crippen LogP contribution in [-0.4, -0.2) is 75.6 Å². The minimum atomic E-state index is -4.29. The molecule has 0 aliphatic heterocycles. The minimum absolute atomic E-state index is 0.0771. The Hall–Kier alpha value is -2.32. The number of phosphoric acid groups is 1. The van der Waals surface area contributed by atoms with Crippen LogP contribution in [0.25, 0.3) is 0 Å². The van der Waals surface area contributed by atoms with Crippen LogP contribution in [0.3, 0.4) is 0 Å². The molecule has 0 bridgehead atoms. The van der Waals surface area contributed by atoms with Crippen LogP contribution in [0.15, 0.2) is 85.1 Å². The van der Waals surface area contributed by atoms with Crippen molar-refractivity contribution in [3.8, 4) is 0 Å². The molecule has 1 N–H and O–H groups in total. The normalized spacial score (nSPS) is 14.6. The molecule has 0 saturated heterocycles. The Bertz CT molecular complexity index is 1180. The van der Waals surface area contributed by atoms with E-state index in [2.05, 4.69) is 98.9 Å². The fourth-order valence-electron chi connectivity index (χ4n) is 5.56. The predicted octanol–water partition coefficient (Wildman–Crippen LogP) is 13.3. The van der Waals surface area contributed by atoms with E-state index in [0.717, 1.165) is 96.3 Å². The lowest BCUT2D eigenvalue weighted by Gasteiger charge is -2.24. The Kier molecular flexibility index (Phi) is 38.8. The van der Waals surface area contributed by atoms with Crippen molar-refractivity contribution < 1.29 is 37.3 Å². The smallest absolute Gasteiger partial charge is 0.457 e. The standard InChI is InChI=1S/C48H84NO7P/c1-6-8-10-12-14-16-18-20-22-24-26-28-30-32-34-36-38-40-43-53-45-47(46-55-57(51,52)54-44-42-49(3,4)5)56-48(50)41-39-37-35-33-31-29-27-25-23-21-19-17-15-13-11-9-7-2/h8-11,14-17,20-23,27,29,47H,6-7,12-13,18-19,24-26,28,30-46H2,1-5H3/p+1/b10-8-,11-9-,16-14-,17-15-,22-20-,23-21-,29-27-. The topological polar surface area (TPSA) is 91.3 Å². The SMILES string of the molecule is CC/C=C\C/C=C\C/C=C\C/C=C\CCCCCCC(=O)OC(COCCCCCCCCCC/C=C\C/C=C\C/C=C\CC)COP(=O)(O)OCC[N+](C)(C)C. The van der Waals surface area contributed by atoms with Crippen molar-refractivity contribution in [1.82, 2.24) is 0 Å². The number of unbranched alkanes of at least 4 members (excludes halogenated alkanes) is 12. The zero-order valence-electron chi connectivity index (χ0n) is 37.0. The lowest BCUT2D eigenvalue weighted by Crippen LogP contribution is -2.37. The molecule has 8 nitrogen and oxygen atoms in total. The molecule has 0 aliphatic rings. The van der Waals surface area contributed by atoms with Gasteiger partial charge in [-0.15, -0.1) is 0 Å². The number of likely N-dealkylation sites (N-methyl/N-ethyl adjacent to an activating group) is 1. The second kappa shape index (κ2) is 40.5. The van der Waals surface area contributed by atoms with E-state index < -0.39 is 13.9 Å². The Labute approximate surface area is 350 Å². The van der Waals surface area contributed by atoms with Gasteiger partial charge in [-0.2, -0.15) is 0 Å². The first kappa shape index (κ1) is 54.7. The lowest BCUT2D eigenvalue weighted by atomic mass is 10.1. The summed E-state index contributed by atoms with van der Waals surface area (Å²) in [6, 6.07) is 0. The van der Waals surface area contributed by atoms with Gasteiger partial charge >= 0.3 is 13.8 Å². The number of carbonyl (C=O) groups is 1. The van der Waals surface area contributed by atoms with Crippen LogP contribution in [-0.2, 0) is 27.9 Å². The van der Waals surface area contributed by atoms with Crippen molar-refractivity contribution in [3.63, 3.8) is 0 Å². The summed E-state index contributed by atoms with van der Waals surface area (Å²) in [6.07, 6.45) is 53.3. The summed E-state index contributed by atoms with van der Waals surface area (Å²) in [4.78, 5) is 22.9. The second-order valence-corrected chi connectivity index (χ2v) is 17.1. The third-order valence-corrected chi connectivity index (χ3v) is 9.94. The van der Waals surface area contributed by atoms with Crippen LogP contribution in [0.2, 0.25) is 0 Å². The maximum atomic E-state index is 12.7. The Morgan fingerprint density at radius 2 is 0.965 bits per heavy atom. The number of hydrogen-bond acceptors (Lipinski definition) is 6. The molecular weight excluding hydrogens is 734 g/mol. The highest BCUT2D eigenvalue weighted by molar-refractivity contribution is 7.47. The van der Waals surface area contributed by atoms with Crippen molar-refractivity contribution in [1.29, 1.82) is 0 Å². The van der Waals surface area contributed by atoms with Gasteiger partial charge in [-0.3, -0.25) is 13.8 Å². The molecule has 2 atom stereocenters. The van der Waals surface area contributed by atoms with Crippen molar-refractivity contribution >= 4 is 13.8 Å². The number of nitrogens with zero attached hydrogens (tertiary/aromatic N) is 1. The first-order chi connectivity index (χ1) is 27.6. The molecule has 0 spiro atoms. The molecule has 0 aromatic rings. The molecule has 0 fully saturated rings. The van der Waals surface area contributed by atoms with Crippen LogP contribution in [0.5, 0.6) is 0 Å². The van der Waals surface area contributed by atoms with Gasteiger partial charge in [0.15, 0.2) is 0 Å². The maximum absolute atomic E-state index is 12.7. The fraction of sp³-hybridized carbons (Fsp3) is 0.688. The van der Waals surface area contributed by atoms with Gasteiger partial charge in [0.1, 0.15) is 19.3 Å². The predicted molar refractivity (Wildman–Crippen MR) is 242 cm³/mol. The van der Waals surface area contributed by atoms with Gasteiger partial charge in [0.25, 0.3) is 0 Å². The van der Waals surface area contributed by atoms with E-state index in [-0.39, 0.29) is 25.8 Å². The Balaban J connectivity index is 4.30. The molecule has 0 amide bonds. The van der Waals surface area contributed by atoms with Crippen molar-refractivity contribution in [2.75, 3.05) is 54.1 Å². The van der Waals surface area contributed by atoms with Gasteiger partial charge in [0, 0.05) is 13.0 Å².